The first-order chi connectivity index (χ1) is 14.2. The summed E-state index contributed by atoms with van der Waals surface area (Å²) in [5, 5.41) is 5.43. The minimum atomic E-state index is -1.20. The standard InChI is InChI=1S/C22H24N4O4/c1-14(2)12-22(16-6-4-3-5-7-16)20(29)26(21(30)25-22)13-18(27)24-17-10-8-15(9-11-17)19(23)28/h3-11,14H,12-13H2,1-2H3,(H2,23,28)(H,24,27)(H,25,30). The summed E-state index contributed by atoms with van der Waals surface area (Å²) in [5.41, 5.74) is 5.41. The Labute approximate surface area is 174 Å². The van der Waals surface area contributed by atoms with E-state index in [-0.39, 0.29) is 5.92 Å². The molecule has 8 heteroatoms. The highest BCUT2D eigenvalue weighted by molar-refractivity contribution is 6.10. The van der Waals surface area contributed by atoms with Crippen molar-refractivity contribution in [1.82, 2.24) is 10.2 Å². The molecule has 30 heavy (non-hydrogen) atoms. The van der Waals surface area contributed by atoms with Crippen LogP contribution in [0, 0.1) is 5.92 Å². The summed E-state index contributed by atoms with van der Waals surface area (Å²) in [6, 6.07) is 14.4. The normalized spacial score (nSPS) is 18.4. The molecule has 1 aliphatic rings. The molecule has 3 rings (SSSR count). The van der Waals surface area contributed by atoms with Crippen molar-refractivity contribution in [2.24, 2.45) is 11.7 Å². The molecule has 8 nitrogen and oxygen atoms in total. The summed E-state index contributed by atoms with van der Waals surface area (Å²) in [4.78, 5) is 50.5. The lowest BCUT2D eigenvalue weighted by Gasteiger charge is -2.29. The van der Waals surface area contributed by atoms with Gasteiger partial charge in [-0.15, -0.1) is 0 Å². The Balaban J connectivity index is 1.77. The van der Waals surface area contributed by atoms with Crippen LogP contribution >= 0.6 is 0 Å². The van der Waals surface area contributed by atoms with Crippen LogP contribution in [0.3, 0.4) is 0 Å². The van der Waals surface area contributed by atoms with Crippen molar-refractivity contribution in [3.05, 3.63) is 65.7 Å². The summed E-state index contributed by atoms with van der Waals surface area (Å²) >= 11 is 0. The molecule has 1 atom stereocenters. The van der Waals surface area contributed by atoms with Crippen molar-refractivity contribution in [3.63, 3.8) is 0 Å². The molecule has 2 aromatic rings. The summed E-state index contributed by atoms with van der Waals surface area (Å²) in [5.74, 6) is -1.42. The minimum Gasteiger partial charge on any atom is -0.366 e. The fraction of sp³-hybridized carbons (Fsp3) is 0.273. The number of primary amides is 1. The van der Waals surface area contributed by atoms with Crippen LogP contribution in [0.5, 0.6) is 0 Å². The van der Waals surface area contributed by atoms with Gasteiger partial charge in [0, 0.05) is 11.3 Å². The summed E-state index contributed by atoms with van der Waals surface area (Å²) < 4.78 is 0. The molecule has 0 spiro atoms. The average molecular weight is 408 g/mol. The number of nitrogens with two attached hydrogens (primary N) is 1. The number of rotatable bonds is 7. The molecule has 1 heterocycles. The minimum absolute atomic E-state index is 0.131. The summed E-state index contributed by atoms with van der Waals surface area (Å²) in [6.45, 7) is 3.51. The molecule has 4 N–H and O–H groups in total. The summed E-state index contributed by atoms with van der Waals surface area (Å²) in [6.07, 6.45) is 0.411. The molecule has 5 amide bonds. The van der Waals surface area contributed by atoms with Crippen molar-refractivity contribution in [2.75, 3.05) is 11.9 Å². The summed E-state index contributed by atoms with van der Waals surface area (Å²) in [7, 11) is 0. The lowest BCUT2D eigenvalue weighted by atomic mass is 9.82. The second-order valence-electron chi connectivity index (χ2n) is 7.68. The number of nitrogens with one attached hydrogen (secondary N) is 2. The Bertz CT molecular complexity index is 972. The molecule has 1 unspecified atom stereocenters. The van der Waals surface area contributed by atoms with Crippen molar-refractivity contribution in [1.29, 1.82) is 0 Å². The van der Waals surface area contributed by atoms with Gasteiger partial charge in [-0.3, -0.25) is 19.3 Å². The van der Waals surface area contributed by atoms with Crippen molar-refractivity contribution < 1.29 is 19.2 Å². The van der Waals surface area contributed by atoms with Gasteiger partial charge in [0.15, 0.2) is 0 Å². The molecule has 2 aromatic carbocycles. The van der Waals surface area contributed by atoms with Crippen LogP contribution in [0.2, 0.25) is 0 Å². The predicted molar refractivity (Wildman–Crippen MR) is 111 cm³/mol. The first-order valence-corrected chi connectivity index (χ1v) is 9.62. The van der Waals surface area contributed by atoms with Gasteiger partial charge in [0.1, 0.15) is 12.1 Å². The maximum Gasteiger partial charge on any atom is 0.325 e. The van der Waals surface area contributed by atoms with Crippen molar-refractivity contribution in [2.45, 2.75) is 25.8 Å². The lowest BCUT2D eigenvalue weighted by Crippen LogP contribution is -2.45. The van der Waals surface area contributed by atoms with Gasteiger partial charge in [-0.05, 0) is 42.2 Å². The third-order valence-electron chi connectivity index (χ3n) is 4.91. The number of urea groups is 1. The number of nitrogens with zero attached hydrogens (tertiary/aromatic N) is 1. The van der Waals surface area contributed by atoms with Gasteiger partial charge < -0.3 is 16.4 Å². The Morgan fingerprint density at radius 3 is 2.27 bits per heavy atom. The molecule has 0 aromatic heterocycles. The Morgan fingerprint density at radius 2 is 1.70 bits per heavy atom. The molecule has 0 saturated carbocycles. The van der Waals surface area contributed by atoms with E-state index in [4.69, 9.17) is 5.73 Å². The SMILES string of the molecule is CC(C)CC1(c2ccccc2)NC(=O)N(CC(=O)Nc2ccc(C(N)=O)cc2)C1=O. The van der Waals surface area contributed by atoms with Crippen LogP contribution < -0.4 is 16.4 Å². The monoisotopic (exact) mass is 408 g/mol. The van der Waals surface area contributed by atoms with Crippen molar-refractivity contribution in [3.8, 4) is 0 Å². The Hall–Kier alpha value is -3.68. The van der Waals surface area contributed by atoms with E-state index < -0.39 is 35.8 Å². The van der Waals surface area contributed by atoms with E-state index >= 15 is 0 Å². The third-order valence-corrected chi connectivity index (χ3v) is 4.91. The zero-order chi connectivity index (χ0) is 21.9. The molecule has 1 saturated heterocycles. The van der Waals surface area contributed by atoms with Gasteiger partial charge in [0.25, 0.3) is 5.91 Å². The van der Waals surface area contributed by atoms with Crippen LogP contribution in [0.25, 0.3) is 0 Å². The fourth-order valence-electron chi connectivity index (χ4n) is 3.62. The fourth-order valence-corrected chi connectivity index (χ4v) is 3.62. The number of amides is 5. The smallest absolute Gasteiger partial charge is 0.325 e. The van der Waals surface area contributed by atoms with Crippen LogP contribution in [-0.4, -0.2) is 35.2 Å². The van der Waals surface area contributed by atoms with E-state index in [0.717, 1.165) is 4.90 Å². The van der Waals surface area contributed by atoms with Gasteiger partial charge in [-0.25, -0.2) is 4.79 Å². The lowest BCUT2D eigenvalue weighted by molar-refractivity contribution is -0.134. The predicted octanol–water partition coefficient (Wildman–Crippen LogP) is 2.22. The highest BCUT2D eigenvalue weighted by Crippen LogP contribution is 2.35. The van der Waals surface area contributed by atoms with Crippen molar-refractivity contribution >= 4 is 29.4 Å². The largest absolute Gasteiger partial charge is 0.366 e. The van der Waals surface area contributed by atoms with E-state index in [2.05, 4.69) is 10.6 Å². The van der Waals surface area contributed by atoms with Gasteiger partial charge in [0.2, 0.25) is 11.8 Å². The van der Waals surface area contributed by atoms with Crippen LogP contribution in [0.4, 0.5) is 10.5 Å². The van der Waals surface area contributed by atoms with Gasteiger partial charge in [-0.1, -0.05) is 44.2 Å². The molecular weight excluding hydrogens is 384 g/mol. The average Bonchev–Trinajstić information content (AvgIpc) is 2.93. The number of carbonyl (C=O) groups is 4. The highest BCUT2D eigenvalue weighted by atomic mass is 16.2. The van der Waals surface area contributed by atoms with E-state index in [0.29, 0.717) is 23.2 Å². The van der Waals surface area contributed by atoms with Crippen LogP contribution in [0.1, 0.15) is 36.2 Å². The maximum atomic E-state index is 13.3. The first kappa shape index (κ1) is 21.0. The number of hydrogen-bond donors (Lipinski definition) is 3. The molecule has 1 aliphatic heterocycles. The number of anilines is 1. The zero-order valence-corrected chi connectivity index (χ0v) is 16.8. The quantitative estimate of drug-likeness (QED) is 0.608. The number of benzene rings is 2. The van der Waals surface area contributed by atoms with Gasteiger partial charge in [-0.2, -0.15) is 0 Å². The molecule has 0 aliphatic carbocycles. The number of carbonyl (C=O) groups excluding carboxylic acids is 4. The Kier molecular flexibility index (Phi) is 5.86. The topological polar surface area (TPSA) is 122 Å². The number of hydrogen-bond acceptors (Lipinski definition) is 4. The third kappa shape index (κ3) is 4.17. The first-order valence-electron chi connectivity index (χ1n) is 9.62. The molecular formula is C22H24N4O4. The second kappa shape index (κ2) is 8.36. The van der Waals surface area contributed by atoms with E-state index in [9.17, 15) is 19.2 Å². The van der Waals surface area contributed by atoms with E-state index in [1.54, 1.807) is 12.1 Å². The number of imide groups is 1. The molecule has 0 radical (unpaired) electrons. The van der Waals surface area contributed by atoms with Gasteiger partial charge in [0.05, 0.1) is 0 Å². The van der Waals surface area contributed by atoms with E-state index in [1.807, 2.05) is 32.0 Å². The van der Waals surface area contributed by atoms with Crippen LogP contribution in [-0.2, 0) is 15.1 Å². The molecule has 1 fully saturated rings. The Morgan fingerprint density at radius 1 is 1.07 bits per heavy atom. The molecule has 0 bridgehead atoms. The zero-order valence-electron chi connectivity index (χ0n) is 16.8. The maximum absolute atomic E-state index is 13.3. The van der Waals surface area contributed by atoms with E-state index in [1.165, 1.54) is 24.3 Å². The molecule has 156 valence electrons. The highest BCUT2D eigenvalue weighted by Gasteiger charge is 2.52. The second-order valence-corrected chi connectivity index (χ2v) is 7.68. The van der Waals surface area contributed by atoms with Gasteiger partial charge >= 0.3 is 6.03 Å². The van der Waals surface area contributed by atoms with Crippen LogP contribution in [0.15, 0.2) is 54.6 Å².